The summed E-state index contributed by atoms with van der Waals surface area (Å²) in [6.07, 6.45) is 4.52. The number of amides is 1. The van der Waals surface area contributed by atoms with Crippen LogP contribution < -0.4 is 5.43 Å². The number of carbonyl (C=O) groups excluding carboxylic acids is 1. The minimum absolute atomic E-state index is 0.162. The normalized spacial score (nSPS) is 14.2. The van der Waals surface area contributed by atoms with E-state index >= 15 is 0 Å². The predicted octanol–water partition coefficient (Wildman–Crippen LogP) is 1.03. The second kappa shape index (κ2) is 7.21. The van der Waals surface area contributed by atoms with Crippen molar-refractivity contribution in [3.8, 4) is 0 Å². The molecule has 1 saturated heterocycles. The monoisotopic (exact) mass is 184 g/mol. The number of carbonyl (C=O) groups is 1. The van der Waals surface area contributed by atoms with E-state index in [2.05, 4.69) is 23.3 Å². The zero-order chi connectivity index (χ0) is 10.1. The van der Waals surface area contributed by atoms with Gasteiger partial charge in [0.05, 0.1) is 13.4 Å². The number of hydrazine groups is 1. The van der Waals surface area contributed by atoms with Gasteiger partial charge in [0.2, 0.25) is 5.91 Å². The molecule has 1 heterocycles. The van der Waals surface area contributed by atoms with Gasteiger partial charge in [-0.3, -0.25) is 9.80 Å². The van der Waals surface area contributed by atoms with E-state index in [1.54, 1.807) is 12.1 Å². The smallest absolute Gasteiger partial charge is 0.240 e. The van der Waals surface area contributed by atoms with E-state index in [-0.39, 0.29) is 5.91 Å². The van der Waals surface area contributed by atoms with Crippen LogP contribution in [0.4, 0.5) is 0 Å². The van der Waals surface area contributed by atoms with Gasteiger partial charge in [-0.1, -0.05) is 13.2 Å². The first-order valence-corrected chi connectivity index (χ1v) is 4.07. The Labute approximate surface area is 78.8 Å². The molecule has 0 aliphatic carbocycles. The average molecular weight is 184 g/mol. The highest BCUT2D eigenvalue weighted by Crippen LogP contribution is 2.05. The Hall–Kier alpha value is -1.45. The lowest BCUT2D eigenvalue weighted by Gasteiger charge is -2.13. The van der Waals surface area contributed by atoms with Crippen LogP contribution in [0.25, 0.3) is 0 Å². The highest BCUT2D eigenvalue weighted by Gasteiger charge is 2.17. The molecule has 0 aromatic rings. The Morgan fingerprint density at radius 1 is 1.62 bits per heavy atom. The lowest BCUT2D eigenvalue weighted by atomic mass is 10.4. The van der Waals surface area contributed by atoms with Crippen LogP contribution in [0.1, 0.15) is 12.8 Å². The molecule has 0 atom stereocenters. The van der Waals surface area contributed by atoms with Gasteiger partial charge < -0.3 is 10.2 Å². The molecule has 1 rings (SSSR count). The second-order valence-electron chi connectivity index (χ2n) is 2.38. The van der Waals surface area contributed by atoms with Gasteiger partial charge in [0.1, 0.15) is 0 Å². The summed E-state index contributed by atoms with van der Waals surface area (Å²) in [5.74, 6) is 0.162. The van der Waals surface area contributed by atoms with Crippen molar-refractivity contribution in [3.63, 3.8) is 0 Å². The van der Waals surface area contributed by atoms with Crippen molar-refractivity contribution in [3.05, 3.63) is 25.6 Å². The second-order valence-corrected chi connectivity index (χ2v) is 2.38. The molecular weight excluding hydrogens is 168 g/mol. The van der Waals surface area contributed by atoms with Gasteiger partial charge in [0.25, 0.3) is 0 Å². The largest absolute Gasteiger partial charge is 0.505 e. The van der Waals surface area contributed by atoms with E-state index < -0.39 is 0 Å². The molecule has 1 N–H and O–H groups in total. The maximum Gasteiger partial charge on any atom is 0.240 e. The van der Waals surface area contributed by atoms with Crippen LogP contribution in [-0.4, -0.2) is 24.6 Å². The molecule has 1 amide bonds. The van der Waals surface area contributed by atoms with Gasteiger partial charge in [0.15, 0.2) is 0 Å². The minimum Gasteiger partial charge on any atom is -0.505 e. The third kappa shape index (κ3) is 4.90. The molecule has 0 aromatic heterocycles. The van der Waals surface area contributed by atoms with Crippen molar-refractivity contribution < 1.29 is 9.53 Å². The van der Waals surface area contributed by atoms with Crippen molar-refractivity contribution in [2.75, 3.05) is 13.7 Å². The topological polar surface area (TPSA) is 41.6 Å². The number of rotatable bonds is 3. The van der Waals surface area contributed by atoms with Gasteiger partial charge in [0, 0.05) is 19.2 Å². The Morgan fingerprint density at radius 2 is 2.23 bits per heavy atom. The van der Waals surface area contributed by atoms with Crippen LogP contribution in [0, 0.1) is 0 Å². The molecule has 0 bridgehead atoms. The Morgan fingerprint density at radius 3 is 2.54 bits per heavy atom. The summed E-state index contributed by atoms with van der Waals surface area (Å²) in [7, 11) is 1.56. The number of hydrogen-bond acceptors (Lipinski definition) is 3. The van der Waals surface area contributed by atoms with E-state index in [0.29, 0.717) is 6.42 Å². The minimum atomic E-state index is 0.162. The standard InChI is InChI=1S/C6H10N2O.C3H6O/c1-2-7-8-5-3-4-6(8)9;1-3-4-2/h2,7H,1,3-5H2;3H,1H2,2H3. The summed E-state index contributed by atoms with van der Waals surface area (Å²) in [6.45, 7) is 7.52. The summed E-state index contributed by atoms with van der Waals surface area (Å²) in [5, 5.41) is 1.58. The predicted molar refractivity (Wildman–Crippen MR) is 51.5 cm³/mol. The van der Waals surface area contributed by atoms with Crippen LogP contribution in [-0.2, 0) is 9.53 Å². The molecule has 1 aliphatic heterocycles. The molecule has 0 aromatic carbocycles. The van der Waals surface area contributed by atoms with Crippen LogP contribution >= 0.6 is 0 Å². The van der Waals surface area contributed by atoms with Gasteiger partial charge in [-0.05, 0) is 6.42 Å². The highest BCUT2D eigenvalue weighted by atomic mass is 16.5. The first-order valence-electron chi connectivity index (χ1n) is 4.07. The van der Waals surface area contributed by atoms with Crippen LogP contribution in [0.2, 0.25) is 0 Å². The SMILES string of the molecule is C=CNN1CCCC1=O.C=COC. The third-order valence-corrected chi connectivity index (χ3v) is 1.49. The molecule has 4 heteroatoms. The van der Waals surface area contributed by atoms with E-state index in [4.69, 9.17) is 0 Å². The number of nitrogens with one attached hydrogen (secondary N) is 1. The Kier molecular flexibility index (Phi) is 6.41. The number of hydrogen-bond donors (Lipinski definition) is 1. The molecular formula is C9H16N2O2. The molecule has 1 fully saturated rings. The third-order valence-electron chi connectivity index (χ3n) is 1.49. The molecule has 0 radical (unpaired) electrons. The van der Waals surface area contributed by atoms with Crippen LogP contribution in [0.3, 0.4) is 0 Å². The summed E-state index contributed by atoms with van der Waals surface area (Å²) < 4.78 is 4.31. The molecule has 0 saturated carbocycles. The van der Waals surface area contributed by atoms with Crippen molar-refractivity contribution >= 4 is 5.91 Å². The molecule has 1 aliphatic rings. The van der Waals surface area contributed by atoms with Crippen LogP contribution in [0.15, 0.2) is 25.6 Å². The molecule has 74 valence electrons. The highest BCUT2D eigenvalue weighted by molar-refractivity contribution is 5.77. The van der Waals surface area contributed by atoms with E-state index in [1.165, 1.54) is 12.5 Å². The summed E-state index contributed by atoms with van der Waals surface area (Å²) in [5.41, 5.74) is 2.74. The van der Waals surface area contributed by atoms with E-state index in [1.807, 2.05) is 0 Å². The zero-order valence-corrected chi connectivity index (χ0v) is 7.95. The Bertz CT molecular complexity index is 180. The quantitative estimate of drug-likeness (QED) is 0.666. The Balaban J connectivity index is 0.000000310. The summed E-state index contributed by atoms with van der Waals surface area (Å²) in [4.78, 5) is 10.8. The fraction of sp³-hybridized carbons (Fsp3) is 0.444. The number of nitrogens with zero attached hydrogens (tertiary/aromatic N) is 1. The molecule has 0 spiro atoms. The molecule has 0 unspecified atom stereocenters. The lowest BCUT2D eigenvalue weighted by Crippen LogP contribution is -2.34. The average Bonchev–Trinajstić information content (AvgIpc) is 2.53. The van der Waals surface area contributed by atoms with Crippen molar-refractivity contribution in [2.45, 2.75) is 12.8 Å². The number of ether oxygens (including phenoxy) is 1. The summed E-state index contributed by atoms with van der Waals surface area (Å²) in [6, 6.07) is 0. The van der Waals surface area contributed by atoms with Crippen molar-refractivity contribution in [1.29, 1.82) is 0 Å². The first-order chi connectivity index (χ1) is 6.26. The number of methoxy groups -OCH3 is 1. The van der Waals surface area contributed by atoms with Gasteiger partial charge in [-0.15, -0.1) is 0 Å². The lowest BCUT2D eigenvalue weighted by molar-refractivity contribution is -0.129. The van der Waals surface area contributed by atoms with Gasteiger partial charge in [-0.25, -0.2) is 0 Å². The van der Waals surface area contributed by atoms with Crippen molar-refractivity contribution in [1.82, 2.24) is 10.4 Å². The molecule has 13 heavy (non-hydrogen) atoms. The fourth-order valence-electron chi connectivity index (χ4n) is 0.895. The van der Waals surface area contributed by atoms with Crippen molar-refractivity contribution in [2.24, 2.45) is 0 Å². The fourth-order valence-corrected chi connectivity index (χ4v) is 0.895. The van der Waals surface area contributed by atoms with E-state index in [0.717, 1.165) is 13.0 Å². The zero-order valence-electron chi connectivity index (χ0n) is 7.95. The maximum absolute atomic E-state index is 10.8. The van der Waals surface area contributed by atoms with Gasteiger partial charge in [-0.2, -0.15) is 0 Å². The van der Waals surface area contributed by atoms with Crippen LogP contribution in [0.5, 0.6) is 0 Å². The maximum atomic E-state index is 10.8. The van der Waals surface area contributed by atoms with Gasteiger partial charge >= 0.3 is 0 Å². The first kappa shape index (κ1) is 11.6. The summed E-state index contributed by atoms with van der Waals surface area (Å²) >= 11 is 0. The molecule has 4 nitrogen and oxygen atoms in total. The van der Waals surface area contributed by atoms with E-state index in [9.17, 15) is 4.79 Å².